The highest BCUT2D eigenvalue weighted by Crippen LogP contribution is 2.38. The molecular weight excluding hydrogens is 365 g/mol. The number of hydrogen-bond acceptors (Lipinski definition) is 2. The van der Waals surface area contributed by atoms with Gasteiger partial charge in [-0.2, -0.15) is 13.2 Å². The van der Waals surface area contributed by atoms with E-state index in [1.807, 2.05) is 42.8 Å². The molecule has 0 fully saturated rings. The highest BCUT2D eigenvalue weighted by Gasteiger charge is 2.35. The van der Waals surface area contributed by atoms with Crippen LogP contribution in [0, 0.1) is 0 Å². The summed E-state index contributed by atoms with van der Waals surface area (Å²) in [5, 5.41) is 0. The Kier molecular flexibility index (Phi) is 4.40. The van der Waals surface area contributed by atoms with Crippen molar-refractivity contribution in [3.05, 3.63) is 47.8 Å². The predicted molar refractivity (Wildman–Crippen MR) is 104 cm³/mol. The fraction of sp³-hybridized carbons (Fsp3) is 0.333. The van der Waals surface area contributed by atoms with Gasteiger partial charge in [0, 0.05) is 26.1 Å². The third kappa shape index (κ3) is 2.95. The van der Waals surface area contributed by atoms with E-state index in [9.17, 15) is 13.2 Å². The number of fused-ring (bicyclic) bond motifs is 2. The van der Waals surface area contributed by atoms with Crippen LogP contribution in [0.3, 0.4) is 0 Å². The fourth-order valence-corrected chi connectivity index (χ4v) is 3.64. The molecule has 0 saturated heterocycles. The second-order valence-electron chi connectivity index (χ2n) is 7.06. The molecule has 0 aliphatic carbocycles. The Bertz CT molecular complexity index is 1170. The third-order valence-electron chi connectivity index (χ3n) is 5.18. The van der Waals surface area contributed by atoms with Crippen LogP contribution >= 0.6 is 0 Å². The van der Waals surface area contributed by atoms with E-state index in [0.717, 1.165) is 23.9 Å². The number of imidazole rings is 2. The Hall–Kier alpha value is -2.83. The van der Waals surface area contributed by atoms with Crippen LogP contribution in [0.15, 0.2) is 36.4 Å². The quantitative estimate of drug-likeness (QED) is 0.465. The van der Waals surface area contributed by atoms with Crippen molar-refractivity contribution in [2.75, 3.05) is 0 Å². The van der Waals surface area contributed by atoms with Gasteiger partial charge in [0.15, 0.2) is 0 Å². The smallest absolute Gasteiger partial charge is 0.331 e. The number of nitrogens with zero attached hydrogens (tertiary/aromatic N) is 4. The zero-order chi connectivity index (χ0) is 20.1. The molecule has 0 atom stereocenters. The van der Waals surface area contributed by atoms with E-state index in [1.54, 1.807) is 17.7 Å². The number of benzene rings is 2. The Labute approximate surface area is 160 Å². The van der Waals surface area contributed by atoms with Crippen LogP contribution in [0.5, 0.6) is 0 Å². The minimum Gasteiger partial charge on any atom is -0.331 e. The average Bonchev–Trinajstić information content (AvgIpc) is 3.16. The van der Waals surface area contributed by atoms with Gasteiger partial charge in [0.25, 0.3) is 0 Å². The topological polar surface area (TPSA) is 35.6 Å². The van der Waals surface area contributed by atoms with Gasteiger partial charge in [-0.3, -0.25) is 0 Å². The Balaban J connectivity index is 1.99. The molecule has 28 heavy (non-hydrogen) atoms. The van der Waals surface area contributed by atoms with Crippen LogP contribution in [0.4, 0.5) is 13.2 Å². The molecule has 0 bridgehead atoms. The molecule has 2 aromatic heterocycles. The van der Waals surface area contributed by atoms with Crippen molar-refractivity contribution in [3.8, 4) is 11.4 Å². The lowest BCUT2D eigenvalue weighted by Gasteiger charge is -2.11. The summed E-state index contributed by atoms with van der Waals surface area (Å²) in [5.74, 6) is 1.18. The summed E-state index contributed by atoms with van der Waals surface area (Å²) >= 11 is 0. The molecule has 0 aliphatic rings. The molecule has 146 valence electrons. The predicted octanol–water partition coefficient (Wildman–Crippen LogP) is 5.49. The SMILES string of the molecule is CCCCc1nc2c(C(F)(F)F)cc(-c3nc4ccccc4n3C)cc2n1C. The van der Waals surface area contributed by atoms with Gasteiger partial charge in [-0.15, -0.1) is 0 Å². The highest BCUT2D eigenvalue weighted by molar-refractivity contribution is 5.87. The molecule has 0 aliphatic heterocycles. The maximum Gasteiger partial charge on any atom is 0.418 e. The number of hydrogen-bond donors (Lipinski definition) is 0. The first kappa shape index (κ1) is 18.5. The van der Waals surface area contributed by atoms with Crippen molar-refractivity contribution in [1.29, 1.82) is 0 Å². The van der Waals surface area contributed by atoms with Gasteiger partial charge in [-0.25, -0.2) is 9.97 Å². The number of rotatable bonds is 4. The van der Waals surface area contributed by atoms with Gasteiger partial charge < -0.3 is 9.13 Å². The lowest BCUT2D eigenvalue weighted by Crippen LogP contribution is -2.07. The van der Waals surface area contributed by atoms with Gasteiger partial charge in [-0.05, 0) is 30.7 Å². The van der Waals surface area contributed by atoms with Gasteiger partial charge in [0.1, 0.15) is 17.2 Å². The summed E-state index contributed by atoms with van der Waals surface area (Å²) in [6.45, 7) is 2.05. The van der Waals surface area contributed by atoms with Crippen LogP contribution in [0.25, 0.3) is 33.5 Å². The largest absolute Gasteiger partial charge is 0.418 e. The van der Waals surface area contributed by atoms with Crippen LogP contribution in [0.1, 0.15) is 31.2 Å². The molecule has 0 saturated carbocycles. The van der Waals surface area contributed by atoms with E-state index in [4.69, 9.17) is 0 Å². The van der Waals surface area contributed by atoms with Gasteiger partial charge in [0.2, 0.25) is 0 Å². The molecule has 0 unspecified atom stereocenters. The number of alkyl halides is 3. The lowest BCUT2D eigenvalue weighted by molar-refractivity contribution is -0.136. The molecule has 0 radical (unpaired) electrons. The monoisotopic (exact) mass is 386 g/mol. The third-order valence-corrected chi connectivity index (χ3v) is 5.18. The first-order chi connectivity index (χ1) is 13.3. The van der Waals surface area contributed by atoms with Crippen LogP contribution in [-0.4, -0.2) is 19.1 Å². The Morgan fingerprint density at radius 3 is 2.39 bits per heavy atom. The molecule has 4 nitrogen and oxygen atoms in total. The average molecular weight is 386 g/mol. The van der Waals surface area contributed by atoms with Gasteiger partial charge in [-0.1, -0.05) is 25.5 Å². The Morgan fingerprint density at radius 1 is 0.964 bits per heavy atom. The maximum atomic E-state index is 13.8. The van der Waals surface area contributed by atoms with E-state index < -0.39 is 11.7 Å². The second-order valence-corrected chi connectivity index (χ2v) is 7.06. The van der Waals surface area contributed by atoms with Crippen molar-refractivity contribution in [1.82, 2.24) is 19.1 Å². The molecule has 4 aromatic rings. The van der Waals surface area contributed by atoms with E-state index in [0.29, 0.717) is 29.1 Å². The summed E-state index contributed by atoms with van der Waals surface area (Å²) in [5.41, 5.74) is 1.82. The number of unbranched alkanes of at least 4 members (excludes halogenated alkanes) is 1. The van der Waals surface area contributed by atoms with Gasteiger partial charge >= 0.3 is 6.18 Å². The molecule has 0 amide bonds. The summed E-state index contributed by atoms with van der Waals surface area (Å²) in [7, 11) is 3.59. The van der Waals surface area contributed by atoms with E-state index >= 15 is 0 Å². The lowest BCUT2D eigenvalue weighted by atomic mass is 10.1. The number of aromatic nitrogens is 4. The maximum absolute atomic E-state index is 13.8. The number of para-hydroxylation sites is 2. The first-order valence-corrected chi connectivity index (χ1v) is 9.29. The molecule has 4 rings (SSSR count). The summed E-state index contributed by atoms with van der Waals surface area (Å²) in [4.78, 5) is 8.90. The fourth-order valence-electron chi connectivity index (χ4n) is 3.64. The summed E-state index contributed by atoms with van der Waals surface area (Å²) in [6, 6.07) is 10.4. The zero-order valence-electron chi connectivity index (χ0n) is 16.0. The molecule has 7 heteroatoms. The van der Waals surface area contributed by atoms with E-state index in [1.165, 1.54) is 6.07 Å². The summed E-state index contributed by atoms with van der Waals surface area (Å²) in [6.07, 6.45) is -1.99. The van der Waals surface area contributed by atoms with Gasteiger partial charge in [0.05, 0.1) is 22.1 Å². The number of halogens is 3. The number of aryl methyl sites for hydroxylation is 3. The molecular formula is C21H21F3N4. The summed E-state index contributed by atoms with van der Waals surface area (Å²) < 4.78 is 45.1. The Morgan fingerprint density at radius 2 is 1.71 bits per heavy atom. The highest BCUT2D eigenvalue weighted by atomic mass is 19.4. The van der Waals surface area contributed by atoms with E-state index in [2.05, 4.69) is 9.97 Å². The van der Waals surface area contributed by atoms with Crippen molar-refractivity contribution in [2.45, 2.75) is 32.4 Å². The van der Waals surface area contributed by atoms with Crippen molar-refractivity contribution < 1.29 is 13.2 Å². The normalized spacial score (nSPS) is 12.4. The van der Waals surface area contributed by atoms with Crippen LogP contribution in [0.2, 0.25) is 0 Å². The minimum absolute atomic E-state index is 0.00335. The van der Waals surface area contributed by atoms with Crippen molar-refractivity contribution in [2.24, 2.45) is 14.1 Å². The van der Waals surface area contributed by atoms with Crippen molar-refractivity contribution >= 4 is 22.1 Å². The van der Waals surface area contributed by atoms with Crippen molar-refractivity contribution in [3.63, 3.8) is 0 Å². The molecule has 0 spiro atoms. The van der Waals surface area contributed by atoms with Crippen LogP contribution < -0.4 is 0 Å². The van der Waals surface area contributed by atoms with E-state index in [-0.39, 0.29) is 5.52 Å². The van der Waals surface area contributed by atoms with Crippen LogP contribution in [-0.2, 0) is 26.7 Å². The molecule has 2 aromatic carbocycles. The first-order valence-electron chi connectivity index (χ1n) is 9.29. The minimum atomic E-state index is -4.49. The second kappa shape index (κ2) is 6.65. The molecule has 0 N–H and O–H groups in total. The standard InChI is InChI=1S/C21H21F3N4/c1-4-5-10-18-26-19-14(21(22,23)24)11-13(12-17(19)27(18)2)20-25-15-8-6-7-9-16(15)28(20)3/h6-9,11-12H,4-5,10H2,1-3H3. The zero-order valence-corrected chi connectivity index (χ0v) is 16.0. The molecule has 2 heterocycles.